The van der Waals surface area contributed by atoms with Crippen LogP contribution in [0.25, 0.3) is 10.8 Å². The van der Waals surface area contributed by atoms with Crippen molar-refractivity contribution in [1.29, 1.82) is 0 Å². The molecule has 4 amide bonds. The SMILES string of the molecule is CCC(C)(C)C1CCC2(CC1)NC(=O)N(CC(=O)NC(C)c1ccc3ccccc3c1)C2=O. The predicted octanol–water partition coefficient (Wildman–Crippen LogP) is 4.93. The summed E-state index contributed by atoms with van der Waals surface area (Å²) >= 11 is 0. The summed E-state index contributed by atoms with van der Waals surface area (Å²) in [6, 6.07) is 13.5. The third-order valence-corrected chi connectivity index (χ3v) is 8.05. The van der Waals surface area contributed by atoms with Gasteiger partial charge in [0.15, 0.2) is 0 Å². The van der Waals surface area contributed by atoms with E-state index in [1.165, 1.54) is 0 Å². The summed E-state index contributed by atoms with van der Waals surface area (Å²) in [7, 11) is 0. The van der Waals surface area contributed by atoms with E-state index in [4.69, 9.17) is 0 Å². The Hall–Kier alpha value is -2.89. The Labute approximate surface area is 196 Å². The van der Waals surface area contributed by atoms with Gasteiger partial charge in [-0.3, -0.25) is 14.5 Å². The Kier molecular flexibility index (Phi) is 6.21. The van der Waals surface area contributed by atoms with Gasteiger partial charge in [-0.25, -0.2) is 4.79 Å². The quantitative estimate of drug-likeness (QED) is 0.614. The Morgan fingerprint density at radius 3 is 2.48 bits per heavy atom. The fourth-order valence-corrected chi connectivity index (χ4v) is 5.33. The molecular weight excluding hydrogens is 414 g/mol. The minimum absolute atomic E-state index is 0.228. The molecule has 1 saturated carbocycles. The number of hydrogen-bond acceptors (Lipinski definition) is 3. The highest BCUT2D eigenvalue weighted by Gasteiger charge is 2.53. The van der Waals surface area contributed by atoms with Gasteiger partial charge in [-0.05, 0) is 66.3 Å². The van der Waals surface area contributed by atoms with Crippen molar-refractivity contribution in [2.75, 3.05) is 6.54 Å². The lowest BCUT2D eigenvalue weighted by Gasteiger charge is -2.42. The molecule has 33 heavy (non-hydrogen) atoms. The number of nitrogens with zero attached hydrogens (tertiary/aromatic N) is 1. The predicted molar refractivity (Wildman–Crippen MR) is 130 cm³/mol. The first-order chi connectivity index (χ1) is 15.6. The molecule has 1 aliphatic carbocycles. The van der Waals surface area contributed by atoms with Crippen molar-refractivity contribution in [3.63, 3.8) is 0 Å². The molecule has 2 aliphatic rings. The maximum atomic E-state index is 13.2. The average Bonchev–Trinajstić information content (AvgIpc) is 3.02. The van der Waals surface area contributed by atoms with Gasteiger partial charge in [0.25, 0.3) is 5.91 Å². The zero-order chi connectivity index (χ0) is 23.8. The van der Waals surface area contributed by atoms with Gasteiger partial charge < -0.3 is 10.6 Å². The van der Waals surface area contributed by atoms with Crippen LogP contribution in [0.3, 0.4) is 0 Å². The number of nitrogens with one attached hydrogen (secondary N) is 2. The van der Waals surface area contributed by atoms with Crippen molar-refractivity contribution in [2.45, 2.75) is 71.4 Å². The van der Waals surface area contributed by atoms with Gasteiger partial charge in [0.1, 0.15) is 12.1 Å². The summed E-state index contributed by atoms with van der Waals surface area (Å²) in [5, 5.41) is 8.11. The van der Waals surface area contributed by atoms with Gasteiger partial charge in [-0.2, -0.15) is 0 Å². The molecule has 6 nitrogen and oxygen atoms in total. The van der Waals surface area contributed by atoms with Gasteiger partial charge in [-0.1, -0.05) is 63.6 Å². The summed E-state index contributed by atoms with van der Waals surface area (Å²) in [5.74, 6) is -0.0521. The molecular formula is C27H35N3O3. The number of carbonyl (C=O) groups excluding carboxylic acids is 3. The first kappa shape index (κ1) is 23.3. The molecule has 1 spiro atoms. The summed E-state index contributed by atoms with van der Waals surface area (Å²) in [5.41, 5.74) is 0.362. The lowest BCUT2D eigenvalue weighted by molar-refractivity contribution is -0.136. The zero-order valence-corrected chi connectivity index (χ0v) is 20.1. The maximum absolute atomic E-state index is 13.2. The third kappa shape index (κ3) is 4.48. The molecule has 2 aromatic rings. The normalized spacial score (nSPS) is 24.2. The van der Waals surface area contributed by atoms with E-state index in [1.807, 2.05) is 43.3 Å². The van der Waals surface area contributed by atoms with Crippen molar-refractivity contribution in [1.82, 2.24) is 15.5 Å². The molecule has 1 aliphatic heterocycles. The highest BCUT2D eigenvalue weighted by Crippen LogP contribution is 2.45. The number of benzene rings is 2. The fourth-order valence-electron chi connectivity index (χ4n) is 5.33. The molecule has 2 aromatic carbocycles. The molecule has 1 atom stereocenters. The first-order valence-corrected chi connectivity index (χ1v) is 12.1. The summed E-state index contributed by atoms with van der Waals surface area (Å²) in [6.07, 6.45) is 4.18. The van der Waals surface area contributed by atoms with Gasteiger partial charge in [0.2, 0.25) is 5.91 Å². The van der Waals surface area contributed by atoms with Gasteiger partial charge >= 0.3 is 6.03 Å². The molecule has 6 heteroatoms. The molecule has 2 N–H and O–H groups in total. The number of hydrogen-bond donors (Lipinski definition) is 2. The monoisotopic (exact) mass is 449 g/mol. The number of rotatable bonds is 6. The van der Waals surface area contributed by atoms with Crippen LogP contribution in [0.1, 0.15) is 71.4 Å². The third-order valence-electron chi connectivity index (χ3n) is 8.05. The van der Waals surface area contributed by atoms with Crippen molar-refractivity contribution in [3.05, 3.63) is 48.0 Å². The van der Waals surface area contributed by atoms with E-state index in [2.05, 4.69) is 37.5 Å². The van der Waals surface area contributed by atoms with Crippen LogP contribution >= 0.6 is 0 Å². The molecule has 2 fully saturated rings. The lowest BCUT2D eigenvalue weighted by Crippen LogP contribution is -2.51. The van der Waals surface area contributed by atoms with Crippen LogP contribution in [0.15, 0.2) is 42.5 Å². The topological polar surface area (TPSA) is 78.5 Å². The van der Waals surface area contributed by atoms with E-state index in [0.29, 0.717) is 18.8 Å². The van der Waals surface area contributed by atoms with E-state index in [0.717, 1.165) is 40.5 Å². The van der Waals surface area contributed by atoms with Crippen LogP contribution in [0.2, 0.25) is 0 Å². The van der Waals surface area contributed by atoms with E-state index >= 15 is 0 Å². The van der Waals surface area contributed by atoms with E-state index < -0.39 is 11.6 Å². The van der Waals surface area contributed by atoms with Crippen molar-refractivity contribution >= 4 is 28.6 Å². The fraction of sp³-hybridized carbons (Fsp3) is 0.519. The Bertz CT molecular complexity index is 1070. The summed E-state index contributed by atoms with van der Waals surface area (Å²) < 4.78 is 0. The van der Waals surface area contributed by atoms with Gasteiger partial charge in [0.05, 0.1) is 6.04 Å². The van der Waals surface area contributed by atoms with Gasteiger partial charge in [0, 0.05) is 0 Å². The Morgan fingerprint density at radius 1 is 1.15 bits per heavy atom. The number of carbonyl (C=O) groups is 3. The molecule has 0 aromatic heterocycles. The minimum atomic E-state index is -0.846. The van der Waals surface area contributed by atoms with Crippen LogP contribution in [0.4, 0.5) is 4.79 Å². The molecule has 1 unspecified atom stereocenters. The Balaban J connectivity index is 1.38. The van der Waals surface area contributed by atoms with Crippen molar-refractivity contribution in [3.8, 4) is 0 Å². The van der Waals surface area contributed by atoms with Crippen LogP contribution < -0.4 is 10.6 Å². The van der Waals surface area contributed by atoms with Crippen molar-refractivity contribution < 1.29 is 14.4 Å². The molecule has 176 valence electrons. The molecule has 4 rings (SSSR count). The lowest BCUT2D eigenvalue weighted by atomic mass is 9.65. The number of fused-ring (bicyclic) bond motifs is 1. The minimum Gasteiger partial charge on any atom is -0.348 e. The van der Waals surface area contributed by atoms with Crippen LogP contribution in [0.5, 0.6) is 0 Å². The molecule has 0 radical (unpaired) electrons. The van der Waals surface area contributed by atoms with Crippen LogP contribution in [-0.4, -0.2) is 34.8 Å². The molecule has 0 bridgehead atoms. The zero-order valence-electron chi connectivity index (χ0n) is 20.1. The molecule has 1 heterocycles. The second kappa shape index (κ2) is 8.81. The highest BCUT2D eigenvalue weighted by molar-refractivity contribution is 6.09. The second-order valence-electron chi connectivity index (χ2n) is 10.4. The second-order valence-corrected chi connectivity index (χ2v) is 10.4. The van der Waals surface area contributed by atoms with Crippen molar-refractivity contribution in [2.24, 2.45) is 11.3 Å². The highest BCUT2D eigenvalue weighted by atomic mass is 16.2. The number of urea groups is 1. The Morgan fingerprint density at radius 2 is 1.82 bits per heavy atom. The summed E-state index contributed by atoms with van der Waals surface area (Å²) in [4.78, 5) is 39.7. The van der Waals surface area contributed by atoms with Crippen LogP contribution in [0, 0.1) is 11.3 Å². The van der Waals surface area contributed by atoms with Gasteiger partial charge in [-0.15, -0.1) is 0 Å². The first-order valence-electron chi connectivity index (χ1n) is 12.1. The standard InChI is InChI=1S/C27H35N3O3/c1-5-26(3,4)22-12-14-27(15-13-22)24(32)30(25(33)29-27)17-23(31)28-18(2)20-11-10-19-8-6-7-9-21(19)16-20/h6-11,16,18,22H,5,12-15,17H2,1-4H3,(H,28,31)(H,29,33). The van der Waals surface area contributed by atoms with E-state index in [9.17, 15) is 14.4 Å². The summed E-state index contributed by atoms with van der Waals surface area (Å²) in [6.45, 7) is 8.41. The van der Waals surface area contributed by atoms with Crippen LogP contribution in [-0.2, 0) is 9.59 Å². The maximum Gasteiger partial charge on any atom is 0.325 e. The smallest absolute Gasteiger partial charge is 0.325 e. The largest absolute Gasteiger partial charge is 0.348 e. The van der Waals surface area contributed by atoms with E-state index in [-0.39, 0.29) is 29.8 Å². The number of imide groups is 1. The molecule has 1 saturated heterocycles. The average molecular weight is 450 g/mol. The van der Waals surface area contributed by atoms with E-state index in [1.54, 1.807) is 0 Å². The number of amides is 4.